The van der Waals surface area contributed by atoms with Crippen LogP contribution in [0.5, 0.6) is 0 Å². The minimum atomic E-state index is -3.09. The zero-order valence-electron chi connectivity index (χ0n) is 12.3. The second-order valence-corrected chi connectivity index (χ2v) is 7.56. The standard InChI is InChI=1S/C15H24N2O2S/c1-3-16-14-5-4-10-17(12-14)11-13-6-8-15(9-7-13)20(2,18)19/h6-9,14,16H,3-5,10-12H2,1-2H3. The molecule has 1 heterocycles. The van der Waals surface area contributed by atoms with E-state index in [1.807, 2.05) is 12.1 Å². The summed E-state index contributed by atoms with van der Waals surface area (Å²) in [6.45, 7) is 6.24. The van der Waals surface area contributed by atoms with Crippen molar-refractivity contribution in [1.29, 1.82) is 0 Å². The topological polar surface area (TPSA) is 49.4 Å². The highest BCUT2D eigenvalue weighted by Crippen LogP contribution is 2.16. The van der Waals surface area contributed by atoms with Crippen molar-refractivity contribution in [3.63, 3.8) is 0 Å². The van der Waals surface area contributed by atoms with Gasteiger partial charge in [0.25, 0.3) is 0 Å². The van der Waals surface area contributed by atoms with Crippen molar-refractivity contribution < 1.29 is 8.42 Å². The van der Waals surface area contributed by atoms with Crippen LogP contribution in [-0.2, 0) is 16.4 Å². The first-order valence-electron chi connectivity index (χ1n) is 7.24. The Kier molecular flexibility index (Phi) is 5.18. The lowest BCUT2D eigenvalue weighted by molar-refractivity contribution is 0.184. The fourth-order valence-corrected chi connectivity index (χ4v) is 3.39. The lowest BCUT2D eigenvalue weighted by Crippen LogP contribution is -2.45. The number of benzene rings is 1. The van der Waals surface area contributed by atoms with Crippen LogP contribution < -0.4 is 5.32 Å². The molecule has 1 saturated heterocycles. The number of nitrogens with one attached hydrogen (secondary N) is 1. The maximum atomic E-state index is 11.4. The van der Waals surface area contributed by atoms with E-state index in [1.165, 1.54) is 24.7 Å². The molecule has 112 valence electrons. The van der Waals surface area contributed by atoms with Gasteiger partial charge in [0, 0.05) is 25.4 Å². The molecular weight excluding hydrogens is 272 g/mol. The van der Waals surface area contributed by atoms with Gasteiger partial charge in [0.05, 0.1) is 4.90 Å². The highest BCUT2D eigenvalue weighted by molar-refractivity contribution is 7.90. The Bertz CT molecular complexity index is 523. The Morgan fingerprint density at radius 1 is 1.30 bits per heavy atom. The van der Waals surface area contributed by atoms with Crippen LogP contribution in [0, 0.1) is 0 Å². The quantitative estimate of drug-likeness (QED) is 0.898. The van der Waals surface area contributed by atoms with Crippen LogP contribution in [0.3, 0.4) is 0 Å². The summed E-state index contributed by atoms with van der Waals surface area (Å²) in [6, 6.07) is 7.84. The molecule has 1 fully saturated rings. The van der Waals surface area contributed by atoms with Gasteiger partial charge in [0.1, 0.15) is 0 Å². The van der Waals surface area contributed by atoms with Crippen molar-refractivity contribution in [2.75, 3.05) is 25.9 Å². The first-order valence-corrected chi connectivity index (χ1v) is 9.13. The molecule has 1 N–H and O–H groups in total. The molecule has 1 aliphatic heterocycles. The molecule has 5 heteroatoms. The largest absolute Gasteiger partial charge is 0.313 e. The van der Waals surface area contributed by atoms with Gasteiger partial charge in [-0.15, -0.1) is 0 Å². The predicted molar refractivity (Wildman–Crippen MR) is 81.5 cm³/mol. The van der Waals surface area contributed by atoms with E-state index < -0.39 is 9.84 Å². The van der Waals surface area contributed by atoms with Gasteiger partial charge in [-0.3, -0.25) is 4.90 Å². The molecule has 0 radical (unpaired) electrons. The number of nitrogens with zero attached hydrogens (tertiary/aromatic N) is 1. The van der Waals surface area contributed by atoms with Crippen LogP contribution in [0.4, 0.5) is 0 Å². The van der Waals surface area contributed by atoms with Crippen molar-refractivity contribution in [1.82, 2.24) is 10.2 Å². The highest BCUT2D eigenvalue weighted by Gasteiger charge is 2.19. The van der Waals surface area contributed by atoms with Crippen LogP contribution in [0.2, 0.25) is 0 Å². The van der Waals surface area contributed by atoms with Crippen molar-refractivity contribution in [3.8, 4) is 0 Å². The summed E-state index contributed by atoms with van der Waals surface area (Å²) in [7, 11) is -3.09. The van der Waals surface area contributed by atoms with E-state index in [0.29, 0.717) is 10.9 Å². The predicted octanol–water partition coefficient (Wildman–Crippen LogP) is 1.66. The molecule has 1 atom stereocenters. The number of likely N-dealkylation sites (tertiary alicyclic amines) is 1. The van der Waals surface area contributed by atoms with Gasteiger partial charge in [-0.05, 0) is 43.6 Å². The van der Waals surface area contributed by atoms with E-state index in [-0.39, 0.29) is 0 Å². The first-order chi connectivity index (χ1) is 9.49. The molecule has 0 aliphatic carbocycles. The number of hydrogen-bond donors (Lipinski definition) is 1. The second-order valence-electron chi connectivity index (χ2n) is 5.55. The normalized spacial score (nSPS) is 21.0. The molecule has 1 unspecified atom stereocenters. The van der Waals surface area contributed by atoms with Crippen molar-refractivity contribution in [2.24, 2.45) is 0 Å². The maximum Gasteiger partial charge on any atom is 0.175 e. The van der Waals surface area contributed by atoms with E-state index in [2.05, 4.69) is 17.1 Å². The molecule has 1 aliphatic rings. The highest BCUT2D eigenvalue weighted by atomic mass is 32.2. The van der Waals surface area contributed by atoms with Gasteiger partial charge in [0.2, 0.25) is 0 Å². The molecular formula is C15H24N2O2S. The molecule has 1 aromatic carbocycles. The SMILES string of the molecule is CCNC1CCCN(Cc2ccc(S(C)(=O)=O)cc2)C1. The molecule has 20 heavy (non-hydrogen) atoms. The van der Waals surface area contributed by atoms with Gasteiger partial charge in [-0.1, -0.05) is 19.1 Å². The molecule has 1 aromatic rings. The van der Waals surface area contributed by atoms with Crippen LogP contribution in [0.15, 0.2) is 29.2 Å². The minimum Gasteiger partial charge on any atom is -0.313 e. The van der Waals surface area contributed by atoms with Gasteiger partial charge in [-0.25, -0.2) is 8.42 Å². The minimum absolute atomic E-state index is 0.394. The second kappa shape index (κ2) is 6.70. The Balaban J connectivity index is 1.96. The van der Waals surface area contributed by atoms with E-state index in [0.717, 1.165) is 26.2 Å². The van der Waals surface area contributed by atoms with Gasteiger partial charge in [0.15, 0.2) is 9.84 Å². The Hall–Kier alpha value is -0.910. The lowest BCUT2D eigenvalue weighted by atomic mass is 10.0. The third kappa shape index (κ3) is 4.30. The Morgan fingerprint density at radius 3 is 2.60 bits per heavy atom. The van der Waals surface area contributed by atoms with E-state index >= 15 is 0 Å². The zero-order valence-corrected chi connectivity index (χ0v) is 13.1. The average molecular weight is 296 g/mol. The molecule has 0 saturated carbocycles. The number of piperidine rings is 1. The first kappa shape index (κ1) is 15.5. The molecule has 4 nitrogen and oxygen atoms in total. The molecule has 0 amide bonds. The fraction of sp³-hybridized carbons (Fsp3) is 0.600. The fourth-order valence-electron chi connectivity index (χ4n) is 2.75. The summed E-state index contributed by atoms with van der Waals surface area (Å²) < 4.78 is 22.9. The van der Waals surface area contributed by atoms with E-state index in [9.17, 15) is 8.42 Å². The number of rotatable bonds is 5. The van der Waals surface area contributed by atoms with Crippen molar-refractivity contribution in [2.45, 2.75) is 37.2 Å². The van der Waals surface area contributed by atoms with Crippen LogP contribution in [0.25, 0.3) is 0 Å². The van der Waals surface area contributed by atoms with Crippen LogP contribution in [0.1, 0.15) is 25.3 Å². The Labute approximate surface area is 122 Å². The maximum absolute atomic E-state index is 11.4. The van der Waals surface area contributed by atoms with Crippen LogP contribution >= 0.6 is 0 Å². The number of likely N-dealkylation sites (N-methyl/N-ethyl adjacent to an activating group) is 1. The number of sulfone groups is 1. The summed E-state index contributed by atoms with van der Waals surface area (Å²) in [5.41, 5.74) is 1.18. The summed E-state index contributed by atoms with van der Waals surface area (Å²) in [6.07, 6.45) is 3.71. The van der Waals surface area contributed by atoms with E-state index in [4.69, 9.17) is 0 Å². The van der Waals surface area contributed by atoms with E-state index in [1.54, 1.807) is 12.1 Å². The van der Waals surface area contributed by atoms with Crippen molar-refractivity contribution in [3.05, 3.63) is 29.8 Å². The molecule has 2 rings (SSSR count). The molecule has 0 bridgehead atoms. The van der Waals surface area contributed by atoms with Gasteiger partial charge in [-0.2, -0.15) is 0 Å². The third-order valence-corrected chi connectivity index (χ3v) is 4.88. The summed E-state index contributed by atoms with van der Waals surface area (Å²) in [4.78, 5) is 2.83. The zero-order chi connectivity index (χ0) is 14.6. The monoisotopic (exact) mass is 296 g/mol. The van der Waals surface area contributed by atoms with Gasteiger partial charge >= 0.3 is 0 Å². The smallest absolute Gasteiger partial charge is 0.175 e. The van der Waals surface area contributed by atoms with Crippen LogP contribution in [-0.4, -0.2) is 45.2 Å². The summed E-state index contributed by atoms with van der Waals surface area (Å²) in [5.74, 6) is 0. The molecule has 0 spiro atoms. The van der Waals surface area contributed by atoms with Crippen molar-refractivity contribution >= 4 is 9.84 Å². The number of hydrogen-bond acceptors (Lipinski definition) is 4. The molecule has 0 aromatic heterocycles. The summed E-state index contributed by atoms with van der Waals surface area (Å²) >= 11 is 0. The Morgan fingerprint density at radius 2 is 2.00 bits per heavy atom. The van der Waals surface area contributed by atoms with Gasteiger partial charge < -0.3 is 5.32 Å². The third-order valence-electron chi connectivity index (χ3n) is 3.76. The summed E-state index contributed by atoms with van der Waals surface area (Å²) in [5, 5.41) is 3.51. The average Bonchev–Trinajstić information content (AvgIpc) is 2.39. The lowest BCUT2D eigenvalue weighted by Gasteiger charge is -2.33.